The number of carbonyl (C=O) groups is 1. The molecule has 1 aliphatic rings. The molecule has 5 rings (SSSR count). The molecule has 8 heteroatoms. The van der Waals surface area contributed by atoms with Crippen molar-refractivity contribution < 1.29 is 14.3 Å². The van der Waals surface area contributed by atoms with Gasteiger partial charge in [0.05, 0.1) is 22.5 Å². The predicted molar refractivity (Wildman–Crippen MR) is 133 cm³/mol. The summed E-state index contributed by atoms with van der Waals surface area (Å²) in [5.74, 6) is 4.09. The van der Waals surface area contributed by atoms with Crippen molar-refractivity contribution in [1.29, 1.82) is 0 Å². The molecule has 3 heterocycles. The summed E-state index contributed by atoms with van der Waals surface area (Å²) in [4.78, 5) is 17.6. The number of hydrogen-bond acceptors (Lipinski definition) is 6. The van der Waals surface area contributed by atoms with Gasteiger partial charge in [-0.3, -0.25) is 4.79 Å². The summed E-state index contributed by atoms with van der Waals surface area (Å²) >= 11 is 1.55. The van der Waals surface area contributed by atoms with Gasteiger partial charge < -0.3 is 14.8 Å². The van der Waals surface area contributed by atoms with Crippen molar-refractivity contribution in [1.82, 2.24) is 14.8 Å². The molecule has 1 atom stereocenters. The number of rotatable bonds is 6. The number of thiazole rings is 1. The molecule has 1 amide bonds. The van der Waals surface area contributed by atoms with Gasteiger partial charge in [-0.2, -0.15) is 9.78 Å². The molecule has 0 aliphatic carbocycles. The average molecular weight is 473 g/mol. The minimum absolute atomic E-state index is 0.0683. The summed E-state index contributed by atoms with van der Waals surface area (Å²) in [5, 5.41) is 8.53. The summed E-state index contributed by atoms with van der Waals surface area (Å²) in [5.41, 5.74) is 4.87. The molecule has 1 aliphatic heterocycles. The van der Waals surface area contributed by atoms with Crippen LogP contribution in [0.25, 0.3) is 15.3 Å². The van der Waals surface area contributed by atoms with Crippen LogP contribution >= 0.6 is 11.3 Å². The van der Waals surface area contributed by atoms with Crippen molar-refractivity contribution in [3.63, 3.8) is 0 Å². The molecule has 0 radical (unpaired) electrons. The van der Waals surface area contributed by atoms with Crippen molar-refractivity contribution in [3.05, 3.63) is 58.8 Å². The highest BCUT2D eigenvalue weighted by Gasteiger charge is 2.33. The molecule has 0 saturated heterocycles. The van der Waals surface area contributed by atoms with E-state index in [1.165, 1.54) is 5.56 Å². The Kier molecular flexibility index (Phi) is 5.72. The maximum atomic E-state index is 12.8. The van der Waals surface area contributed by atoms with E-state index in [9.17, 15) is 4.79 Å². The normalized spacial score (nSPS) is 15.0. The Morgan fingerprint density at radius 1 is 1.21 bits per heavy atom. The first-order valence-corrected chi connectivity index (χ1v) is 11.9. The lowest BCUT2D eigenvalue weighted by Crippen LogP contribution is -2.25. The maximum Gasteiger partial charge on any atom is 0.226 e. The van der Waals surface area contributed by atoms with Crippen molar-refractivity contribution in [3.8, 4) is 29.0 Å². The minimum Gasteiger partial charge on any atom is -0.490 e. The van der Waals surface area contributed by atoms with Crippen LogP contribution in [0.15, 0.2) is 36.4 Å². The number of fused-ring (bicyclic) bond motifs is 2. The van der Waals surface area contributed by atoms with Crippen LogP contribution in [0.2, 0.25) is 0 Å². The second-order valence-corrected chi connectivity index (χ2v) is 9.17. The van der Waals surface area contributed by atoms with E-state index in [-0.39, 0.29) is 18.4 Å². The molecular weight excluding hydrogens is 448 g/mol. The first-order chi connectivity index (χ1) is 16.5. The number of terminal acetylenes is 1. The summed E-state index contributed by atoms with van der Waals surface area (Å²) in [6.45, 7) is 6.58. The summed E-state index contributed by atoms with van der Waals surface area (Å²) < 4.78 is 14.3. The van der Waals surface area contributed by atoms with E-state index in [2.05, 4.69) is 24.2 Å². The highest BCUT2D eigenvalue weighted by Crippen LogP contribution is 2.43. The van der Waals surface area contributed by atoms with Crippen LogP contribution in [0.5, 0.6) is 11.5 Å². The molecule has 0 saturated carbocycles. The van der Waals surface area contributed by atoms with Crippen molar-refractivity contribution in [2.45, 2.75) is 33.1 Å². The van der Waals surface area contributed by atoms with Gasteiger partial charge in [0.1, 0.15) is 12.4 Å². The van der Waals surface area contributed by atoms with Gasteiger partial charge in [0.25, 0.3) is 0 Å². The van der Waals surface area contributed by atoms with E-state index in [1.54, 1.807) is 16.0 Å². The fourth-order valence-electron chi connectivity index (χ4n) is 4.33. The number of hydrogen-bond donors (Lipinski definition) is 1. The van der Waals surface area contributed by atoms with E-state index >= 15 is 0 Å². The number of nitrogens with one attached hydrogen (secondary N) is 1. The SMILES string of the molecule is C#CCOc1ccc([C@H]2CC(=O)Nc3c2c(C)nn3-c2nc3ccc(C)cc3s2)cc1OCC. The Morgan fingerprint density at radius 2 is 2.06 bits per heavy atom. The van der Waals surface area contributed by atoms with Crippen LogP contribution in [0.3, 0.4) is 0 Å². The van der Waals surface area contributed by atoms with Crippen LogP contribution in [0.4, 0.5) is 5.82 Å². The van der Waals surface area contributed by atoms with Crippen molar-refractivity contribution in [2.24, 2.45) is 0 Å². The number of amides is 1. The van der Waals surface area contributed by atoms with Crippen LogP contribution in [0.1, 0.15) is 41.6 Å². The molecule has 172 valence electrons. The van der Waals surface area contributed by atoms with Gasteiger partial charge in [-0.05, 0) is 56.2 Å². The van der Waals surface area contributed by atoms with E-state index in [1.807, 2.05) is 44.2 Å². The summed E-state index contributed by atoms with van der Waals surface area (Å²) in [6.07, 6.45) is 5.65. The number of aromatic nitrogens is 3. The number of anilines is 1. The average Bonchev–Trinajstić information content (AvgIpc) is 3.38. The van der Waals surface area contributed by atoms with Crippen LogP contribution in [-0.4, -0.2) is 33.9 Å². The zero-order valence-electron chi connectivity index (χ0n) is 19.2. The second kappa shape index (κ2) is 8.84. The van der Waals surface area contributed by atoms with E-state index in [4.69, 9.17) is 26.0 Å². The van der Waals surface area contributed by atoms with Crippen molar-refractivity contribution >= 4 is 33.3 Å². The lowest BCUT2D eigenvalue weighted by molar-refractivity contribution is -0.116. The van der Waals surface area contributed by atoms with Crippen molar-refractivity contribution in [2.75, 3.05) is 18.5 Å². The second-order valence-electron chi connectivity index (χ2n) is 8.16. The third kappa shape index (κ3) is 3.88. The number of ether oxygens (including phenoxy) is 2. The van der Waals surface area contributed by atoms with Crippen LogP contribution in [0, 0.1) is 26.2 Å². The van der Waals surface area contributed by atoms with E-state index in [0.717, 1.165) is 32.2 Å². The van der Waals surface area contributed by atoms with Gasteiger partial charge in [-0.15, -0.1) is 6.42 Å². The van der Waals surface area contributed by atoms with Crippen LogP contribution in [-0.2, 0) is 4.79 Å². The molecule has 4 aromatic rings. The van der Waals surface area contributed by atoms with E-state index in [0.29, 0.717) is 30.3 Å². The molecular formula is C26H24N4O3S. The minimum atomic E-state index is -0.171. The highest BCUT2D eigenvalue weighted by molar-refractivity contribution is 7.20. The third-order valence-electron chi connectivity index (χ3n) is 5.80. The third-order valence-corrected chi connectivity index (χ3v) is 6.79. The molecule has 0 unspecified atom stereocenters. The summed E-state index contributed by atoms with van der Waals surface area (Å²) in [7, 11) is 0. The molecule has 2 aromatic heterocycles. The molecule has 34 heavy (non-hydrogen) atoms. The van der Waals surface area contributed by atoms with Gasteiger partial charge >= 0.3 is 0 Å². The summed E-state index contributed by atoms with van der Waals surface area (Å²) in [6, 6.07) is 11.9. The Hall–Kier alpha value is -3.83. The first-order valence-electron chi connectivity index (χ1n) is 11.1. The Labute approximate surface area is 201 Å². The number of nitrogens with zero attached hydrogens (tertiary/aromatic N) is 3. The number of benzene rings is 2. The maximum absolute atomic E-state index is 12.8. The fraction of sp³-hybridized carbons (Fsp3) is 0.269. The lowest BCUT2D eigenvalue weighted by Gasteiger charge is -2.25. The monoisotopic (exact) mass is 472 g/mol. The molecule has 0 spiro atoms. The van der Waals surface area contributed by atoms with Crippen LogP contribution < -0.4 is 14.8 Å². The zero-order chi connectivity index (χ0) is 23.8. The predicted octanol–water partition coefficient (Wildman–Crippen LogP) is 4.98. The lowest BCUT2D eigenvalue weighted by atomic mass is 9.85. The largest absolute Gasteiger partial charge is 0.490 e. The first kappa shape index (κ1) is 22.0. The zero-order valence-corrected chi connectivity index (χ0v) is 20.0. The molecule has 0 fully saturated rings. The van der Waals surface area contributed by atoms with Gasteiger partial charge in [0.2, 0.25) is 11.0 Å². The Bertz CT molecular complexity index is 1450. The topological polar surface area (TPSA) is 78.3 Å². The Balaban J connectivity index is 1.59. The molecule has 0 bridgehead atoms. The highest BCUT2D eigenvalue weighted by atomic mass is 32.1. The van der Waals surface area contributed by atoms with E-state index < -0.39 is 0 Å². The van der Waals surface area contributed by atoms with Gasteiger partial charge in [-0.25, -0.2) is 4.98 Å². The standard InChI is InChI=1S/C26H24N4O3S/c1-5-11-33-20-10-8-17(13-21(20)32-6-2)18-14-23(31)28-25-24(18)16(4)29-30(25)26-27-19-9-7-15(3)12-22(19)34-26/h1,7-10,12-13,18H,6,11,14H2,2-4H3,(H,28,31)/t18-/m1/s1. The number of carbonyl (C=O) groups excluding carboxylic acids is 1. The fourth-order valence-corrected chi connectivity index (χ4v) is 5.35. The Morgan fingerprint density at radius 3 is 2.85 bits per heavy atom. The molecule has 2 aromatic carbocycles. The van der Waals surface area contributed by atoms with Gasteiger partial charge in [0.15, 0.2) is 11.5 Å². The number of aryl methyl sites for hydroxylation is 2. The molecule has 7 nitrogen and oxygen atoms in total. The van der Waals surface area contributed by atoms with Gasteiger partial charge in [0, 0.05) is 17.9 Å². The smallest absolute Gasteiger partial charge is 0.226 e. The quantitative estimate of drug-likeness (QED) is 0.400. The van der Waals surface area contributed by atoms with Gasteiger partial charge in [-0.1, -0.05) is 29.4 Å². The molecule has 1 N–H and O–H groups in total.